The molecule has 0 atom stereocenters. The Balaban J connectivity index is 1.99. The van der Waals surface area contributed by atoms with E-state index in [-0.39, 0.29) is 5.91 Å². The third-order valence-electron chi connectivity index (χ3n) is 3.01. The molecule has 3 N–H and O–H groups in total. The fraction of sp³-hybridized carbons (Fsp3) is 0.417. The first-order valence-electron chi connectivity index (χ1n) is 5.50. The summed E-state index contributed by atoms with van der Waals surface area (Å²) in [5.74, 6) is 0.507. The molecule has 1 fully saturated rings. The number of carbonyl (C=O) groups is 1. The number of halogens is 1. The van der Waals surface area contributed by atoms with Crippen molar-refractivity contribution in [3.8, 4) is 0 Å². The molecule has 0 heterocycles. The van der Waals surface area contributed by atoms with Gasteiger partial charge in [0.1, 0.15) is 0 Å². The Kier molecular flexibility index (Phi) is 3.34. The van der Waals surface area contributed by atoms with Gasteiger partial charge in [-0.2, -0.15) is 0 Å². The van der Waals surface area contributed by atoms with Crippen LogP contribution in [0.1, 0.15) is 29.6 Å². The standard InChI is InChI=1S/C12H15ClN2O/c13-11-5-4-9(14)6-10(11)12(16)15-7-8-2-1-3-8/h4-6,8H,1-3,7,14H2,(H,15,16). The summed E-state index contributed by atoms with van der Waals surface area (Å²) in [4.78, 5) is 11.8. The Labute approximate surface area is 100.0 Å². The van der Waals surface area contributed by atoms with Crippen LogP contribution in [0.15, 0.2) is 18.2 Å². The van der Waals surface area contributed by atoms with E-state index in [1.165, 1.54) is 19.3 Å². The molecule has 1 aromatic rings. The average molecular weight is 239 g/mol. The second kappa shape index (κ2) is 4.74. The monoisotopic (exact) mass is 238 g/mol. The van der Waals surface area contributed by atoms with Crippen molar-refractivity contribution in [2.24, 2.45) is 5.92 Å². The van der Waals surface area contributed by atoms with Crippen LogP contribution >= 0.6 is 11.6 Å². The lowest BCUT2D eigenvalue weighted by Crippen LogP contribution is -2.32. The first-order chi connectivity index (χ1) is 7.66. The van der Waals surface area contributed by atoms with Gasteiger partial charge in [-0.15, -0.1) is 0 Å². The first kappa shape index (κ1) is 11.3. The van der Waals surface area contributed by atoms with Crippen LogP contribution in [0.2, 0.25) is 5.02 Å². The highest BCUT2D eigenvalue weighted by atomic mass is 35.5. The van der Waals surface area contributed by atoms with Crippen molar-refractivity contribution >= 4 is 23.2 Å². The smallest absolute Gasteiger partial charge is 0.252 e. The molecular weight excluding hydrogens is 224 g/mol. The molecular formula is C12H15ClN2O. The van der Waals surface area contributed by atoms with Crippen LogP contribution in [-0.2, 0) is 0 Å². The maximum Gasteiger partial charge on any atom is 0.252 e. The third kappa shape index (κ3) is 2.47. The van der Waals surface area contributed by atoms with Crippen molar-refractivity contribution in [2.75, 3.05) is 12.3 Å². The number of nitrogen functional groups attached to an aromatic ring is 1. The zero-order chi connectivity index (χ0) is 11.5. The lowest BCUT2D eigenvalue weighted by atomic mass is 9.85. The van der Waals surface area contributed by atoms with E-state index in [0.717, 1.165) is 6.54 Å². The van der Waals surface area contributed by atoms with E-state index in [0.29, 0.717) is 22.2 Å². The Morgan fingerprint density at radius 1 is 1.50 bits per heavy atom. The van der Waals surface area contributed by atoms with Gasteiger partial charge < -0.3 is 11.1 Å². The van der Waals surface area contributed by atoms with E-state index in [4.69, 9.17) is 17.3 Å². The van der Waals surface area contributed by atoms with E-state index < -0.39 is 0 Å². The summed E-state index contributed by atoms with van der Waals surface area (Å²) >= 11 is 5.94. The minimum absolute atomic E-state index is 0.135. The fourth-order valence-electron chi connectivity index (χ4n) is 1.75. The average Bonchev–Trinajstić information content (AvgIpc) is 2.19. The predicted molar refractivity (Wildman–Crippen MR) is 65.5 cm³/mol. The van der Waals surface area contributed by atoms with Crippen LogP contribution < -0.4 is 11.1 Å². The summed E-state index contributed by atoms with van der Waals surface area (Å²) in [5.41, 5.74) is 6.63. The zero-order valence-corrected chi connectivity index (χ0v) is 9.76. The quantitative estimate of drug-likeness (QED) is 0.795. The first-order valence-corrected chi connectivity index (χ1v) is 5.88. The van der Waals surface area contributed by atoms with Gasteiger partial charge >= 0.3 is 0 Å². The van der Waals surface area contributed by atoms with Crippen LogP contribution in [0.4, 0.5) is 5.69 Å². The van der Waals surface area contributed by atoms with Gasteiger partial charge in [0.05, 0.1) is 10.6 Å². The summed E-state index contributed by atoms with van der Waals surface area (Å²) in [7, 11) is 0. The molecule has 0 spiro atoms. The maximum absolute atomic E-state index is 11.8. The molecule has 0 bridgehead atoms. The molecule has 0 aromatic heterocycles. The number of nitrogens with two attached hydrogens (primary N) is 1. The second-order valence-corrected chi connectivity index (χ2v) is 4.65. The lowest BCUT2D eigenvalue weighted by Gasteiger charge is -2.25. The van der Waals surface area contributed by atoms with Crippen LogP contribution in [-0.4, -0.2) is 12.5 Å². The topological polar surface area (TPSA) is 55.1 Å². The van der Waals surface area contributed by atoms with Gasteiger partial charge in [0.25, 0.3) is 5.91 Å². The van der Waals surface area contributed by atoms with E-state index >= 15 is 0 Å². The summed E-state index contributed by atoms with van der Waals surface area (Å²) in [6, 6.07) is 4.94. The predicted octanol–water partition coefficient (Wildman–Crippen LogP) is 2.45. The number of hydrogen-bond donors (Lipinski definition) is 2. The van der Waals surface area contributed by atoms with Crippen molar-refractivity contribution in [1.82, 2.24) is 5.32 Å². The molecule has 1 saturated carbocycles. The number of rotatable bonds is 3. The van der Waals surface area contributed by atoms with Gasteiger partial charge in [-0.1, -0.05) is 18.0 Å². The number of nitrogens with one attached hydrogen (secondary N) is 1. The molecule has 0 unspecified atom stereocenters. The van der Waals surface area contributed by atoms with E-state index in [1.807, 2.05) is 0 Å². The molecule has 3 nitrogen and oxygen atoms in total. The Bertz CT molecular complexity index is 402. The minimum atomic E-state index is -0.135. The molecule has 0 aliphatic heterocycles. The Morgan fingerprint density at radius 3 is 2.88 bits per heavy atom. The molecule has 0 radical (unpaired) electrons. The van der Waals surface area contributed by atoms with Crippen molar-refractivity contribution < 1.29 is 4.79 Å². The summed E-state index contributed by atoms with van der Waals surface area (Å²) in [6.07, 6.45) is 3.70. The fourth-order valence-corrected chi connectivity index (χ4v) is 1.95. The number of amides is 1. The molecule has 1 aliphatic carbocycles. The summed E-state index contributed by atoms with van der Waals surface area (Å²) < 4.78 is 0. The van der Waals surface area contributed by atoms with Crippen LogP contribution in [0, 0.1) is 5.92 Å². The molecule has 4 heteroatoms. The van der Waals surface area contributed by atoms with Gasteiger partial charge in [0.15, 0.2) is 0 Å². The molecule has 1 aromatic carbocycles. The van der Waals surface area contributed by atoms with Crippen molar-refractivity contribution in [3.63, 3.8) is 0 Å². The highest BCUT2D eigenvalue weighted by Crippen LogP contribution is 2.25. The molecule has 0 saturated heterocycles. The maximum atomic E-state index is 11.8. The Hall–Kier alpha value is -1.22. The number of benzene rings is 1. The number of hydrogen-bond acceptors (Lipinski definition) is 2. The second-order valence-electron chi connectivity index (χ2n) is 4.25. The molecule has 86 valence electrons. The van der Waals surface area contributed by atoms with E-state index in [9.17, 15) is 4.79 Å². The van der Waals surface area contributed by atoms with E-state index in [2.05, 4.69) is 5.32 Å². The largest absolute Gasteiger partial charge is 0.399 e. The van der Waals surface area contributed by atoms with Gasteiger partial charge in [-0.3, -0.25) is 4.79 Å². The highest BCUT2D eigenvalue weighted by molar-refractivity contribution is 6.34. The SMILES string of the molecule is Nc1ccc(Cl)c(C(=O)NCC2CCC2)c1. The van der Waals surface area contributed by atoms with Gasteiger partial charge in [0.2, 0.25) is 0 Å². The third-order valence-corrected chi connectivity index (χ3v) is 3.34. The van der Waals surface area contributed by atoms with Crippen molar-refractivity contribution in [1.29, 1.82) is 0 Å². The summed E-state index contributed by atoms with van der Waals surface area (Å²) in [5, 5.41) is 3.33. The molecule has 16 heavy (non-hydrogen) atoms. The normalized spacial score (nSPS) is 15.6. The molecule has 1 amide bonds. The minimum Gasteiger partial charge on any atom is -0.399 e. The van der Waals surface area contributed by atoms with Crippen LogP contribution in [0.25, 0.3) is 0 Å². The Morgan fingerprint density at radius 2 is 2.25 bits per heavy atom. The molecule has 2 rings (SSSR count). The van der Waals surface area contributed by atoms with Crippen molar-refractivity contribution in [2.45, 2.75) is 19.3 Å². The van der Waals surface area contributed by atoms with Gasteiger partial charge in [-0.05, 0) is 37.0 Å². The van der Waals surface area contributed by atoms with Crippen LogP contribution in [0.5, 0.6) is 0 Å². The summed E-state index contributed by atoms with van der Waals surface area (Å²) in [6.45, 7) is 0.740. The van der Waals surface area contributed by atoms with Gasteiger partial charge in [0, 0.05) is 12.2 Å². The zero-order valence-electron chi connectivity index (χ0n) is 9.00. The molecule has 1 aliphatic rings. The van der Waals surface area contributed by atoms with E-state index in [1.54, 1.807) is 18.2 Å². The lowest BCUT2D eigenvalue weighted by molar-refractivity contribution is 0.0939. The number of carbonyl (C=O) groups excluding carboxylic acids is 1. The van der Waals surface area contributed by atoms with Crippen LogP contribution in [0.3, 0.4) is 0 Å². The highest BCUT2D eigenvalue weighted by Gasteiger charge is 2.19. The van der Waals surface area contributed by atoms with Gasteiger partial charge in [-0.25, -0.2) is 0 Å². The number of anilines is 1. The van der Waals surface area contributed by atoms with Crippen molar-refractivity contribution in [3.05, 3.63) is 28.8 Å².